The van der Waals surface area contributed by atoms with Crippen LogP contribution in [0.4, 0.5) is 11.4 Å². The van der Waals surface area contributed by atoms with Crippen molar-refractivity contribution in [2.45, 2.75) is 51.0 Å². The highest BCUT2D eigenvalue weighted by atomic mass is 16.5. The number of ketones is 1. The van der Waals surface area contributed by atoms with E-state index in [1.54, 1.807) is 7.11 Å². The zero-order chi connectivity index (χ0) is 23.9. The van der Waals surface area contributed by atoms with Crippen LogP contribution in [0.2, 0.25) is 0 Å². The number of hydrogen-bond donors (Lipinski definition) is 1. The van der Waals surface area contributed by atoms with Crippen LogP contribution in [0.1, 0.15) is 62.3 Å². The molecule has 4 heteroatoms. The van der Waals surface area contributed by atoms with Gasteiger partial charge in [-0.2, -0.15) is 0 Å². The Morgan fingerprint density at radius 1 is 0.882 bits per heavy atom. The van der Waals surface area contributed by atoms with Crippen LogP contribution in [0.25, 0.3) is 0 Å². The van der Waals surface area contributed by atoms with E-state index in [2.05, 4.69) is 68.6 Å². The van der Waals surface area contributed by atoms with Crippen molar-refractivity contribution in [3.05, 3.63) is 89.5 Å². The smallest absolute Gasteiger partial charge is 0.144 e. The lowest BCUT2D eigenvalue weighted by Crippen LogP contribution is -2.38. The molecule has 0 bridgehead atoms. The summed E-state index contributed by atoms with van der Waals surface area (Å²) in [6.45, 7) is 6.66. The van der Waals surface area contributed by atoms with E-state index < -0.39 is 0 Å². The van der Waals surface area contributed by atoms with Crippen LogP contribution in [-0.2, 0) is 10.2 Å². The Morgan fingerprint density at radius 3 is 2.24 bits per heavy atom. The van der Waals surface area contributed by atoms with Crippen molar-refractivity contribution in [1.82, 2.24) is 0 Å². The molecule has 2 aliphatic rings. The number of benzene rings is 3. The Hall–Kier alpha value is -3.40. The van der Waals surface area contributed by atoms with Crippen molar-refractivity contribution >= 4 is 22.9 Å². The molecule has 0 unspecified atom stereocenters. The third kappa shape index (κ3) is 4.25. The van der Waals surface area contributed by atoms with Crippen molar-refractivity contribution < 1.29 is 9.53 Å². The molecule has 1 aliphatic heterocycles. The van der Waals surface area contributed by atoms with E-state index >= 15 is 0 Å². The fourth-order valence-corrected chi connectivity index (χ4v) is 5.18. The second-order valence-corrected chi connectivity index (χ2v) is 10.4. The molecular weight excluding hydrogens is 420 g/mol. The first kappa shape index (κ1) is 22.4. The molecule has 0 aromatic heterocycles. The molecule has 0 amide bonds. The van der Waals surface area contributed by atoms with Crippen LogP contribution in [0.5, 0.6) is 5.75 Å². The lowest BCUT2D eigenvalue weighted by molar-refractivity contribution is -0.122. The fourth-order valence-electron chi connectivity index (χ4n) is 5.18. The predicted octanol–water partition coefficient (Wildman–Crippen LogP) is 6.99. The number of anilines is 1. The van der Waals surface area contributed by atoms with E-state index in [0.29, 0.717) is 6.42 Å². The van der Waals surface area contributed by atoms with Crippen LogP contribution < -0.4 is 10.1 Å². The van der Waals surface area contributed by atoms with Gasteiger partial charge in [-0.3, -0.25) is 9.79 Å². The molecule has 1 heterocycles. The number of nitrogens with zero attached hydrogens (tertiary/aromatic N) is 1. The summed E-state index contributed by atoms with van der Waals surface area (Å²) in [6.07, 6.45) is 1.29. The Balaban J connectivity index is 1.53. The Bertz CT molecular complexity index is 1220. The molecule has 34 heavy (non-hydrogen) atoms. The lowest BCUT2D eigenvalue weighted by atomic mass is 9.72. The Labute approximate surface area is 202 Å². The van der Waals surface area contributed by atoms with Gasteiger partial charge in [0.1, 0.15) is 11.5 Å². The van der Waals surface area contributed by atoms with Gasteiger partial charge < -0.3 is 10.1 Å². The minimum absolute atomic E-state index is 0.0842. The van der Waals surface area contributed by atoms with Gasteiger partial charge in [0, 0.05) is 12.1 Å². The molecule has 0 spiro atoms. The van der Waals surface area contributed by atoms with Gasteiger partial charge in [-0.25, -0.2) is 0 Å². The number of Topliss-reactive ketones (excluding diaryl/α,β-unsaturated/α-hetero) is 1. The molecule has 1 fully saturated rings. The molecule has 4 nitrogen and oxygen atoms in total. The van der Waals surface area contributed by atoms with Crippen LogP contribution in [0.15, 0.2) is 77.8 Å². The summed E-state index contributed by atoms with van der Waals surface area (Å²) in [5.41, 5.74) is 6.50. The maximum atomic E-state index is 13.7. The van der Waals surface area contributed by atoms with Gasteiger partial charge in [-0.05, 0) is 58.7 Å². The topological polar surface area (TPSA) is 50.7 Å². The van der Waals surface area contributed by atoms with E-state index in [4.69, 9.17) is 9.73 Å². The summed E-state index contributed by atoms with van der Waals surface area (Å²) in [5.74, 6) is 0.924. The van der Waals surface area contributed by atoms with Gasteiger partial charge >= 0.3 is 0 Å². The number of fused-ring (bicyclic) bond motifs is 2. The highest BCUT2D eigenvalue weighted by molar-refractivity contribution is 6.10. The first-order valence-electron chi connectivity index (χ1n) is 12.0. The highest BCUT2D eigenvalue weighted by Gasteiger charge is 2.41. The van der Waals surface area contributed by atoms with Crippen molar-refractivity contribution in [1.29, 1.82) is 0 Å². The van der Waals surface area contributed by atoms with Gasteiger partial charge in [-0.15, -0.1) is 0 Å². The average molecular weight is 453 g/mol. The fraction of sp³-hybridized carbons (Fsp3) is 0.333. The van der Waals surface area contributed by atoms with E-state index in [1.807, 2.05) is 30.3 Å². The predicted molar refractivity (Wildman–Crippen MR) is 139 cm³/mol. The molecule has 3 atom stereocenters. The van der Waals surface area contributed by atoms with Crippen molar-refractivity contribution in [2.75, 3.05) is 12.4 Å². The minimum Gasteiger partial charge on any atom is -0.497 e. The van der Waals surface area contributed by atoms with E-state index in [1.165, 1.54) is 5.56 Å². The first-order valence-corrected chi connectivity index (χ1v) is 12.0. The quantitative estimate of drug-likeness (QED) is 0.466. The lowest BCUT2D eigenvalue weighted by Gasteiger charge is -2.34. The van der Waals surface area contributed by atoms with E-state index in [9.17, 15) is 4.79 Å². The van der Waals surface area contributed by atoms with E-state index in [0.717, 1.165) is 40.4 Å². The summed E-state index contributed by atoms with van der Waals surface area (Å²) < 4.78 is 5.31. The zero-order valence-corrected chi connectivity index (χ0v) is 20.3. The molecule has 0 saturated heterocycles. The third-order valence-electron chi connectivity index (χ3n) is 7.14. The number of nitrogens with one attached hydrogen (secondary N) is 1. The largest absolute Gasteiger partial charge is 0.497 e. The van der Waals surface area contributed by atoms with Gasteiger partial charge in [0.15, 0.2) is 0 Å². The van der Waals surface area contributed by atoms with Gasteiger partial charge in [0.25, 0.3) is 0 Å². The number of para-hydroxylation sites is 2. The highest BCUT2D eigenvalue weighted by Crippen LogP contribution is 2.44. The molecule has 1 saturated carbocycles. The Kier molecular flexibility index (Phi) is 5.76. The van der Waals surface area contributed by atoms with Crippen molar-refractivity contribution in [2.24, 2.45) is 10.9 Å². The number of rotatable bonds is 3. The molecule has 0 radical (unpaired) electrons. The summed E-state index contributed by atoms with van der Waals surface area (Å²) in [5, 5.41) is 3.68. The van der Waals surface area contributed by atoms with Crippen molar-refractivity contribution in [3.8, 4) is 5.75 Å². The minimum atomic E-state index is -0.276. The number of aliphatic imine (C=N–C) groups is 1. The van der Waals surface area contributed by atoms with Crippen LogP contribution in [0, 0.1) is 5.92 Å². The SMILES string of the molecule is COc1ccc([C@@H]2CC(=O)[C@@H]3C(=Nc4ccccc4N[C@H]3c3ccc(C(C)(C)C)cc3)C2)cc1. The molecule has 1 aliphatic carbocycles. The second-order valence-electron chi connectivity index (χ2n) is 10.4. The van der Waals surface area contributed by atoms with Crippen LogP contribution in [0.3, 0.4) is 0 Å². The number of carbonyl (C=O) groups excluding carboxylic acids is 1. The molecule has 1 N–H and O–H groups in total. The first-order chi connectivity index (χ1) is 16.3. The summed E-state index contributed by atoms with van der Waals surface area (Å²) in [6, 6.07) is 24.8. The van der Waals surface area contributed by atoms with Crippen molar-refractivity contribution in [3.63, 3.8) is 0 Å². The second kappa shape index (κ2) is 8.75. The van der Waals surface area contributed by atoms with Crippen LogP contribution >= 0.6 is 0 Å². The van der Waals surface area contributed by atoms with Gasteiger partial charge in [0.05, 0.1) is 30.4 Å². The summed E-state index contributed by atoms with van der Waals surface area (Å²) >= 11 is 0. The number of methoxy groups -OCH3 is 1. The summed E-state index contributed by atoms with van der Waals surface area (Å²) in [4.78, 5) is 18.8. The summed E-state index contributed by atoms with van der Waals surface area (Å²) in [7, 11) is 1.67. The molecule has 3 aromatic rings. The number of hydrogen-bond acceptors (Lipinski definition) is 4. The third-order valence-corrected chi connectivity index (χ3v) is 7.14. The molecule has 174 valence electrons. The van der Waals surface area contributed by atoms with E-state index in [-0.39, 0.29) is 29.1 Å². The number of ether oxygens (including phenoxy) is 1. The number of carbonyl (C=O) groups is 1. The van der Waals surface area contributed by atoms with Crippen LogP contribution in [-0.4, -0.2) is 18.6 Å². The average Bonchev–Trinajstić information content (AvgIpc) is 3.00. The standard InChI is InChI=1S/C30H32N2O2/c1-30(2,3)22-13-9-20(10-14-22)29-28-26(31-24-7-5-6-8-25(24)32-29)17-21(18-27(28)33)19-11-15-23(34-4)16-12-19/h5-16,21,28-29,32H,17-18H2,1-4H3/t21-,28-,29-/m0/s1. The molecule has 3 aromatic carbocycles. The van der Waals surface area contributed by atoms with Gasteiger partial charge in [-0.1, -0.05) is 69.3 Å². The monoisotopic (exact) mass is 452 g/mol. The maximum Gasteiger partial charge on any atom is 0.144 e. The Morgan fingerprint density at radius 2 is 1.56 bits per heavy atom. The molecule has 5 rings (SSSR count). The zero-order valence-electron chi connectivity index (χ0n) is 20.3. The normalized spacial score (nSPS) is 22.1. The molecular formula is C30H32N2O2. The van der Waals surface area contributed by atoms with Gasteiger partial charge in [0.2, 0.25) is 0 Å². The maximum absolute atomic E-state index is 13.7.